The molecule has 2 heterocycles. The predicted molar refractivity (Wildman–Crippen MR) is 110 cm³/mol. The molecule has 2 aromatic rings. The number of amides is 3. The minimum absolute atomic E-state index is 0.0143. The molecule has 1 aromatic carbocycles. The van der Waals surface area contributed by atoms with Crippen molar-refractivity contribution in [3.8, 4) is 0 Å². The first-order chi connectivity index (χ1) is 14.0. The second-order valence-electron chi connectivity index (χ2n) is 7.15. The van der Waals surface area contributed by atoms with Crippen molar-refractivity contribution in [2.24, 2.45) is 0 Å². The van der Waals surface area contributed by atoms with Crippen LogP contribution in [0.3, 0.4) is 0 Å². The largest absolute Gasteiger partial charge is 0.356 e. The molecule has 0 bridgehead atoms. The fraction of sp³-hybridized carbons (Fsp3) is 0.429. The van der Waals surface area contributed by atoms with Crippen LogP contribution in [0.4, 0.5) is 0 Å². The summed E-state index contributed by atoms with van der Waals surface area (Å²) in [4.78, 5) is 37.8. The molecule has 1 aliphatic rings. The molecule has 3 amide bonds. The van der Waals surface area contributed by atoms with Gasteiger partial charge in [-0.15, -0.1) is 0 Å². The van der Waals surface area contributed by atoms with Gasteiger partial charge in [-0.1, -0.05) is 30.2 Å². The molecule has 0 saturated heterocycles. The van der Waals surface area contributed by atoms with Crippen LogP contribution in [0.25, 0.3) is 0 Å². The summed E-state index contributed by atoms with van der Waals surface area (Å²) in [7, 11) is 0. The number of hydrogen-bond donors (Lipinski definition) is 1. The topological polar surface area (TPSA) is 84.3 Å². The van der Waals surface area contributed by atoms with Gasteiger partial charge in [-0.25, -0.2) is 0 Å². The monoisotopic (exact) mass is 416 g/mol. The van der Waals surface area contributed by atoms with Gasteiger partial charge in [0.1, 0.15) is 0 Å². The molecule has 1 aliphatic heterocycles. The second kappa shape index (κ2) is 9.69. The standard InChI is InChI=1S/C21H25ClN4O3/c1-15-18(22)14-25(24-15)12-7-11-23-19(27)10-3-2-6-13-26-20(28)16-8-4-5-9-17(16)21(26)29/h4-5,8-9,14H,2-3,6-7,10-13H2,1H3,(H,23,27). The van der Waals surface area contributed by atoms with Crippen LogP contribution in [0.15, 0.2) is 30.5 Å². The van der Waals surface area contributed by atoms with Crippen molar-refractivity contribution in [3.05, 3.63) is 52.3 Å². The van der Waals surface area contributed by atoms with E-state index in [9.17, 15) is 14.4 Å². The fourth-order valence-electron chi connectivity index (χ4n) is 3.34. The highest BCUT2D eigenvalue weighted by atomic mass is 35.5. The molecule has 29 heavy (non-hydrogen) atoms. The molecule has 0 radical (unpaired) electrons. The zero-order chi connectivity index (χ0) is 20.8. The Bertz CT molecular complexity index is 855. The smallest absolute Gasteiger partial charge is 0.261 e. The highest BCUT2D eigenvalue weighted by Gasteiger charge is 2.34. The number of imide groups is 1. The minimum Gasteiger partial charge on any atom is -0.356 e. The Morgan fingerprint density at radius 2 is 1.72 bits per heavy atom. The van der Waals surface area contributed by atoms with Gasteiger partial charge < -0.3 is 5.32 Å². The van der Waals surface area contributed by atoms with E-state index in [0.717, 1.165) is 25.0 Å². The lowest BCUT2D eigenvalue weighted by atomic mass is 10.1. The number of benzene rings is 1. The van der Waals surface area contributed by atoms with Gasteiger partial charge in [0.05, 0.1) is 21.8 Å². The third-order valence-electron chi connectivity index (χ3n) is 4.94. The van der Waals surface area contributed by atoms with Gasteiger partial charge in [-0.05, 0) is 38.3 Å². The van der Waals surface area contributed by atoms with Crippen LogP contribution in [0.1, 0.15) is 58.5 Å². The molecule has 1 aromatic heterocycles. The van der Waals surface area contributed by atoms with E-state index in [1.807, 2.05) is 6.92 Å². The number of nitrogens with zero attached hydrogens (tertiary/aromatic N) is 3. The third kappa shape index (κ3) is 5.23. The van der Waals surface area contributed by atoms with Gasteiger partial charge in [0.25, 0.3) is 11.8 Å². The van der Waals surface area contributed by atoms with E-state index in [4.69, 9.17) is 11.6 Å². The number of halogens is 1. The Morgan fingerprint density at radius 3 is 2.34 bits per heavy atom. The normalized spacial score (nSPS) is 13.1. The first-order valence-corrected chi connectivity index (χ1v) is 10.3. The molecule has 7 nitrogen and oxygen atoms in total. The molecular formula is C21H25ClN4O3. The second-order valence-corrected chi connectivity index (χ2v) is 7.55. The van der Waals surface area contributed by atoms with Crippen LogP contribution in [-0.4, -0.2) is 45.5 Å². The van der Waals surface area contributed by atoms with Crippen LogP contribution in [0, 0.1) is 6.92 Å². The molecule has 0 saturated carbocycles. The van der Waals surface area contributed by atoms with E-state index in [2.05, 4.69) is 10.4 Å². The summed E-state index contributed by atoms with van der Waals surface area (Å²) in [5.74, 6) is -0.436. The summed E-state index contributed by atoms with van der Waals surface area (Å²) in [6.45, 7) is 3.54. The van der Waals surface area contributed by atoms with Crippen molar-refractivity contribution in [3.63, 3.8) is 0 Å². The van der Waals surface area contributed by atoms with Gasteiger partial charge in [0.2, 0.25) is 5.91 Å². The maximum atomic E-state index is 12.3. The molecule has 3 rings (SSSR count). The van der Waals surface area contributed by atoms with E-state index in [0.29, 0.717) is 48.6 Å². The Hall–Kier alpha value is -2.67. The highest BCUT2D eigenvalue weighted by Crippen LogP contribution is 2.22. The summed E-state index contributed by atoms with van der Waals surface area (Å²) in [5.41, 5.74) is 1.76. The average Bonchev–Trinajstić information content (AvgIpc) is 3.16. The van der Waals surface area contributed by atoms with Gasteiger partial charge in [-0.2, -0.15) is 5.10 Å². The van der Waals surface area contributed by atoms with Crippen LogP contribution in [-0.2, 0) is 11.3 Å². The van der Waals surface area contributed by atoms with E-state index in [-0.39, 0.29) is 17.7 Å². The maximum Gasteiger partial charge on any atom is 0.261 e. The molecule has 0 atom stereocenters. The average molecular weight is 417 g/mol. The lowest BCUT2D eigenvalue weighted by Gasteiger charge is -2.13. The van der Waals surface area contributed by atoms with Gasteiger partial charge >= 0.3 is 0 Å². The molecule has 0 aliphatic carbocycles. The van der Waals surface area contributed by atoms with Crippen molar-refractivity contribution in [1.29, 1.82) is 0 Å². The fourth-order valence-corrected chi connectivity index (χ4v) is 3.49. The summed E-state index contributed by atoms with van der Waals surface area (Å²) >= 11 is 5.96. The molecular weight excluding hydrogens is 392 g/mol. The quantitative estimate of drug-likeness (QED) is 0.476. The summed E-state index contributed by atoms with van der Waals surface area (Å²) in [6.07, 6.45) is 5.21. The molecule has 0 unspecified atom stereocenters. The van der Waals surface area contributed by atoms with Crippen molar-refractivity contribution in [2.75, 3.05) is 13.1 Å². The minimum atomic E-state index is -0.225. The van der Waals surface area contributed by atoms with Gasteiger partial charge in [0.15, 0.2) is 0 Å². The number of unbranched alkanes of at least 4 members (excludes halogenated alkanes) is 2. The molecule has 8 heteroatoms. The van der Waals surface area contributed by atoms with Crippen molar-refractivity contribution >= 4 is 29.3 Å². The predicted octanol–water partition coefficient (Wildman–Crippen LogP) is 3.21. The Kier molecular flexibility index (Phi) is 7.04. The zero-order valence-corrected chi connectivity index (χ0v) is 17.2. The van der Waals surface area contributed by atoms with E-state index < -0.39 is 0 Å². The molecule has 1 N–H and O–H groups in total. The third-order valence-corrected chi connectivity index (χ3v) is 5.31. The number of carbonyl (C=O) groups is 3. The summed E-state index contributed by atoms with van der Waals surface area (Å²) < 4.78 is 1.78. The Balaban J connectivity index is 1.27. The number of aromatic nitrogens is 2. The van der Waals surface area contributed by atoms with Crippen LogP contribution < -0.4 is 5.32 Å². The number of rotatable bonds is 10. The van der Waals surface area contributed by atoms with Gasteiger partial charge in [-0.3, -0.25) is 24.0 Å². The van der Waals surface area contributed by atoms with Gasteiger partial charge in [0, 0.05) is 32.3 Å². The van der Waals surface area contributed by atoms with Crippen LogP contribution in [0.2, 0.25) is 5.02 Å². The maximum absolute atomic E-state index is 12.3. The number of carbonyl (C=O) groups excluding carboxylic acids is 3. The Labute approximate surface area is 175 Å². The zero-order valence-electron chi connectivity index (χ0n) is 16.5. The van der Waals surface area contributed by atoms with E-state index in [1.54, 1.807) is 35.1 Å². The summed E-state index contributed by atoms with van der Waals surface area (Å²) in [6, 6.07) is 6.89. The lowest BCUT2D eigenvalue weighted by Crippen LogP contribution is -2.30. The van der Waals surface area contributed by atoms with Crippen LogP contribution in [0.5, 0.6) is 0 Å². The number of nitrogens with one attached hydrogen (secondary N) is 1. The molecule has 154 valence electrons. The SMILES string of the molecule is Cc1nn(CCCNC(=O)CCCCCN2C(=O)c3ccccc3C2=O)cc1Cl. The molecule has 0 fully saturated rings. The lowest BCUT2D eigenvalue weighted by molar-refractivity contribution is -0.121. The highest BCUT2D eigenvalue weighted by molar-refractivity contribution is 6.31. The molecule has 0 spiro atoms. The Morgan fingerprint density at radius 1 is 1.03 bits per heavy atom. The van der Waals surface area contributed by atoms with Crippen molar-refractivity contribution in [2.45, 2.75) is 45.6 Å². The summed E-state index contributed by atoms with van der Waals surface area (Å²) in [5, 5.41) is 7.82. The number of aryl methyl sites for hydroxylation is 2. The van der Waals surface area contributed by atoms with E-state index >= 15 is 0 Å². The van der Waals surface area contributed by atoms with Crippen LogP contribution >= 0.6 is 11.6 Å². The van der Waals surface area contributed by atoms with Crippen molar-refractivity contribution in [1.82, 2.24) is 20.0 Å². The number of hydrogen-bond acceptors (Lipinski definition) is 4. The van der Waals surface area contributed by atoms with E-state index in [1.165, 1.54) is 4.90 Å². The first kappa shape index (κ1) is 21.0. The van der Waals surface area contributed by atoms with Crippen molar-refractivity contribution < 1.29 is 14.4 Å². The first-order valence-electron chi connectivity index (χ1n) is 9.89. The number of fused-ring (bicyclic) bond motifs is 1.